The summed E-state index contributed by atoms with van der Waals surface area (Å²) in [5.74, 6) is 2.04. The van der Waals surface area contributed by atoms with Crippen LogP contribution >= 0.6 is 0 Å². The minimum atomic E-state index is 0.275. The van der Waals surface area contributed by atoms with Crippen LogP contribution < -0.4 is 10.1 Å². The third kappa shape index (κ3) is 5.72. The highest BCUT2D eigenvalue weighted by molar-refractivity contribution is 5.80. The third-order valence-electron chi connectivity index (χ3n) is 7.52. The number of likely N-dealkylation sites (tertiary alicyclic amines) is 3. The standard InChI is InChI=1S/C25H41N5O/c1-26-24(29-17-11-23(12-18-29)31-22-9-5-3-6-10-22)27-21-25(13-19-28(2)20-14-25)30-15-7-4-8-16-30/h3,5-6,9-10,23H,4,7-8,11-21H2,1-2H3,(H,26,27). The lowest BCUT2D eigenvalue weighted by atomic mass is 9.84. The lowest BCUT2D eigenvalue weighted by Gasteiger charge is -2.50. The number of benzene rings is 1. The fourth-order valence-electron chi connectivity index (χ4n) is 5.46. The Morgan fingerprint density at radius 2 is 1.68 bits per heavy atom. The van der Waals surface area contributed by atoms with Crippen molar-refractivity contribution in [1.82, 2.24) is 20.0 Å². The van der Waals surface area contributed by atoms with Gasteiger partial charge >= 0.3 is 0 Å². The Kier molecular flexibility index (Phi) is 7.72. The van der Waals surface area contributed by atoms with Gasteiger partial charge in [-0.2, -0.15) is 0 Å². The highest BCUT2D eigenvalue weighted by Gasteiger charge is 2.40. The Bertz CT molecular complexity index is 687. The van der Waals surface area contributed by atoms with Crippen molar-refractivity contribution in [3.05, 3.63) is 30.3 Å². The van der Waals surface area contributed by atoms with E-state index in [1.165, 1.54) is 58.3 Å². The predicted molar refractivity (Wildman–Crippen MR) is 128 cm³/mol. The summed E-state index contributed by atoms with van der Waals surface area (Å²) in [6, 6.07) is 10.2. The maximum Gasteiger partial charge on any atom is 0.193 e. The lowest BCUT2D eigenvalue weighted by molar-refractivity contribution is 0.0167. The van der Waals surface area contributed by atoms with Gasteiger partial charge in [0.25, 0.3) is 0 Å². The van der Waals surface area contributed by atoms with Crippen LogP contribution in [0.4, 0.5) is 0 Å². The zero-order valence-electron chi connectivity index (χ0n) is 19.6. The number of ether oxygens (including phenoxy) is 1. The molecule has 0 atom stereocenters. The van der Waals surface area contributed by atoms with Crippen LogP contribution in [0.2, 0.25) is 0 Å². The number of piperidine rings is 3. The number of guanidine groups is 1. The van der Waals surface area contributed by atoms with E-state index < -0.39 is 0 Å². The fraction of sp³-hybridized carbons (Fsp3) is 0.720. The van der Waals surface area contributed by atoms with Gasteiger partial charge in [0.05, 0.1) is 0 Å². The lowest BCUT2D eigenvalue weighted by Crippen LogP contribution is -2.62. The normalized spacial score (nSPS) is 24.2. The van der Waals surface area contributed by atoms with Crippen molar-refractivity contribution in [2.45, 2.75) is 56.6 Å². The Hall–Kier alpha value is -1.79. The molecule has 3 saturated heterocycles. The van der Waals surface area contributed by atoms with Crippen LogP contribution in [0.1, 0.15) is 44.9 Å². The summed E-state index contributed by atoms with van der Waals surface area (Å²) in [7, 11) is 4.19. The summed E-state index contributed by atoms with van der Waals surface area (Å²) in [4.78, 5) is 12.4. The van der Waals surface area contributed by atoms with Gasteiger partial charge in [0.1, 0.15) is 11.9 Å². The first-order valence-electron chi connectivity index (χ1n) is 12.3. The first-order valence-corrected chi connectivity index (χ1v) is 12.3. The summed E-state index contributed by atoms with van der Waals surface area (Å²) < 4.78 is 6.18. The first-order chi connectivity index (χ1) is 15.2. The molecule has 0 aliphatic carbocycles. The van der Waals surface area contributed by atoms with Gasteiger partial charge in [-0.15, -0.1) is 0 Å². The molecule has 0 bridgehead atoms. The summed E-state index contributed by atoms with van der Waals surface area (Å²) in [5, 5.41) is 3.80. The van der Waals surface area contributed by atoms with Crippen LogP contribution in [0.5, 0.6) is 5.75 Å². The quantitative estimate of drug-likeness (QED) is 0.578. The number of para-hydroxylation sites is 1. The maximum atomic E-state index is 6.18. The average Bonchev–Trinajstić information content (AvgIpc) is 2.83. The number of nitrogens with zero attached hydrogens (tertiary/aromatic N) is 4. The summed E-state index contributed by atoms with van der Waals surface area (Å²) in [6.07, 6.45) is 8.96. The molecular formula is C25H41N5O. The fourth-order valence-corrected chi connectivity index (χ4v) is 5.46. The van der Waals surface area contributed by atoms with Gasteiger partial charge in [0, 0.05) is 45.1 Å². The highest BCUT2D eigenvalue weighted by Crippen LogP contribution is 2.31. The Morgan fingerprint density at radius 3 is 2.32 bits per heavy atom. The van der Waals surface area contributed by atoms with Crippen LogP contribution in [0.25, 0.3) is 0 Å². The number of rotatable bonds is 5. The van der Waals surface area contributed by atoms with Gasteiger partial charge in [-0.25, -0.2) is 0 Å². The SMILES string of the molecule is CN=C(NCC1(N2CCCCC2)CCN(C)CC1)N1CCC(Oc2ccccc2)CC1. The number of hydrogen-bond acceptors (Lipinski definition) is 4. The third-order valence-corrected chi connectivity index (χ3v) is 7.52. The molecular weight excluding hydrogens is 386 g/mol. The van der Waals surface area contributed by atoms with Crippen LogP contribution in [-0.4, -0.2) is 92.2 Å². The van der Waals surface area contributed by atoms with Gasteiger partial charge in [-0.3, -0.25) is 9.89 Å². The zero-order valence-corrected chi connectivity index (χ0v) is 19.6. The van der Waals surface area contributed by atoms with E-state index in [0.29, 0.717) is 6.10 Å². The van der Waals surface area contributed by atoms with Crippen LogP contribution in [0.15, 0.2) is 35.3 Å². The molecule has 6 nitrogen and oxygen atoms in total. The molecule has 3 heterocycles. The molecule has 0 unspecified atom stereocenters. The average molecular weight is 428 g/mol. The molecule has 3 aliphatic rings. The van der Waals surface area contributed by atoms with Gasteiger partial charge < -0.3 is 19.9 Å². The maximum absolute atomic E-state index is 6.18. The first kappa shape index (κ1) is 22.4. The van der Waals surface area contributed by atoms with Crippen LogP contribution in [0, 0.1) is 0 Å². The predicted octanol–water partition coefficient (Wildman–Crippen LogP) is 3.06. The Morgan fingerprint density at radius 1 is 1.00 bits per heavy atom. The van der Waals surface area contributed by atoms with Crippen molar-refractivity contribution in [1.29, 1.82) is 0 Å². The number of hydrogen-bond donors (Lipinski definition) is 1. The second-order valence-corrected chi connectivity index (χ2v) is 9.59. The monoisotopic (exact) mass is 427 g/mol. The smallest absolute Gasteiger partial charge is 0.193 e. The van der Waals surface area contributed by atoms with Crippen LogP contribution in [-0.2, 0) is 0 Å². The van der Waals surface area contributed by atoms with E-state index in [1.807, 2.05) is 25.2 Å². The number of nitrogens with one attached hydrogen (secondary N) is 1. The van der Waals surface area contributed by atoms with Crippen molar-refractivity contribution < 1.29 is 4.74 Å². The van der Waals surface area contributed by atoms with Gasteiger partial charge in [-0.1, -0.05) is 24.6 Å². The van der Waals surface area contributed by atoms with E-state index in [-0.39, 0.29) is 5.54 Å². The molecule has 0 spiro atoms. The second-order valence-electron chi connectivity index (χ2n) is 9.59. The van der Waals surface area contributed by atoms with Gasteiger partial charge in [0.2, 0.25) is 0 Å². The molecule has 0 saturated carbocycles. The molecule has 0 amide bonds. The van der Waals surface area contributed by atoms with Crippen molar-refractivity contribution >= 4 is 5.96 Å². The van der Waals surface area contributed by atoms with Crippen molar-refractivity contribution in [3.8, 4) is 5.75 Å². The summed E-state index contributed by atoms with van der Waals surface area (Å²) in [6.45, 7) is 7.90. The highest BCUT2D eigenvalue weighted by atomic mass is 16.5. The van der Waals surface area contributed by atoms with E-state index >= 15 is 0 Å². The molecule has 1 N–H and O–H groups in total. The molecule has 1 aromatic rings. The van der Waals surface area contributed by atoms with Crippen molar-refractivity contribution in [2.24, 2.45) is 4.99 Å². The second kappa shape index (κ2) is 10.7. The van der Waals surface area contributed by atoms with Crippen molar-refractivity contribution in [2.75, 3.05) is 59.9 Å². The molecule has 3 aliphatic heterocycles. The molecule has 3 fully saturated rings. The number of aliphatic imine (C=N–C) groups is 1. The summed E-state index contributed by atoms with van der Waals surface area (Å²) >= 11 is 0. The van der Waals surface area contributed by atoms with Gasteiger partial charge in [-0.05, 0) is 71.0 Å². The molecule has 0 aromatic heterocycles. The Balaban J connectivity index is 1.32. The molecule has 6 heteroatoms. The van der Waals surface area contributed by atoms with E-state index in [1.54, 1.807) is 0 Å². The molecule has 1 aromatic carbocycles. The Labute approximate surface area is 188 Å². The molecule has 4 rings (SSSR count). The summed E-state index contributed by atoms with van der Waals surface area (Å²) in [5.41, 5.74) is 0.275. The topological polar surface area (TPSA) is 43.3 Å². The van der Waals surface area contributed by atoms with E-state index in [2.05, 4.69) is 44.2 Å². The zero-order chi connectivity index (χ0) is 21.5. The van der Waals surface area contributed by atoms with E-state index in [9.17, 15) is 0 Å². The minimum Gasteiger partial charge on any atom is -0.490 e. The van der Waals surface area contributed by atoms with Crippen LogP contribution in [0.3, 0.4) is 0 Å². The molecule has 0 radical (unpaired) electrons. The van der Waals surface area contributed by atoms with E-state index in [0.717, 1.165) is 44.2 Å². The largest absolute Gasteiger partial charge is 0.490 e. The van der Waals surface area contributed by atoms with E-state index in [4.69, 9.17) is 4.74 Å². The minimum absolute atomic E-state index is 0.275. The van der Waals surface area contributed by atoms with Gasteiger partial charge in [0.15, 0.2) is 5.96 Å². The molecule has 31 heavy (non-hydrogen) atoms. The van der Waals surface area contributed by atoms with Crippen molar-refractivity contribution in [3.63, 3.8) is 0 Å². The molecule has 172 valence electrons.